The van der Waals surface area contributed by atoms with Crippen LogP contribution in [0.4, 0.5) is 14.5 Å². The van der Waals surface area contributed by atoms with Gasteiger partial charge in [-0.15, -0.1) is 0 Å². The molecule has 1 N–H and O–H groups in total. The van der Waals surface area contributed by atoms with Crippen molar-refractivity contribution in [2.24, 2.45) is 0 Å². The zero-order valence-corrected chi connectivity index (χ0v) is 24.3. The van der Waals surface area contributed by atoms with Crippen LogP contribution < -0.4 is 9.62 Å². The largest absolute Gasteiger partial charge is 0.354 e. The summed E-state index contributed by atoms with van der Waals surface area (Å²) in [6, 6.07) is 18.6. The third-order valence-corrected chi connectivity index (χ3v) is 8.35. The van der Waals surface area contributed by atoms with E-state index in [1.54, 1.807) is 6.07 Å². The number of anilines is 1. The molecule has 1 atom stereocenters. The average molecular weight is 587 g/mol. The van der Waals surface area contributed by atoms with E-state index in [-0.39, 0.29) is 24.2 Å². The molecular weight excluding hydrogens is 550 g/mol. The Kier molecular flexibility index (Phi) is 11.4. The minimum atomic E-state index is -4.21. The van der Waals surface area contributed by atoms with Crippen LogP contribution >= 0.6 is 0 Å². The number of unbranched alkanes of at least 4 members (excludes halogenated alkanes) is 1. The molecule has 0 bridgehead atoms. The van der Waals surface area contributed by atoms with E-state index in [1.165, 1.54) is 49.3 Å². The number of hydrogen-bond donors (Lipinski definition) is 1. The molecule has 3 aromatic rings. The van der Waals surface area contributed by atoms with Gasteiger partial charge in [0.15, 0.2) is 0 Å². The Bertz CT molecular complexity index is 1400. The quantitative estimate of drug-likeness (QED) is 0.288. The number of hydrogen-bond acceptors (Lipinski definition) is 4. The highest BCUT2D eigenvalue weighted by atomic mass is 32.2. The summed E-state index contributed by atoms with van der Waals surface area (Å²) in [5.41, 5.74) is 1.00. The summed E-state index contributed by atoms with van der Waals surface area (Å²) in [5.74, 6) is -2.30. The van der Waals surface area contributed by atoms with E-state index < -0.39 is 46.2 Å². The number of rotatable bonds is 14. The van der Waals surface area contributed by atoms with Crippen LogP contribution in [0.2, 0.25) is 0 Å². The normalized spacial score (nSPS) is 12.1. The van der Waals surface area contributed by atoms with Gasteiger partial charge in [0.2, 0.25) is 11.8 Å². The fourth-order valence-electron chi connectivity index (χ4n) is 4.19. The second-order valence-electron chi connectivity index (χ2n) is 9.74. The zero-order chi connectivity index (χ0) is 30.0. The molecule has 8 nitrogen and oxygen atoms in total. The molecule has 220 valence electrons. The molecule has 3 rings (SSSR count). The monoisotopic (exact) mass is 586 g/mol. The first-order valence-electron chi connectivity index (χ1n) is 13.3. The van der Waals surface area contributed by atoms with Gasteiger partial charge in [-0.05, 0) is 42.3 Å². The van der Waals surface area contributed by atoms with Crippen LogP contribution in [-0.4, -0.2) is 62.7 Å². The molecule has 0 aliphatic rings. The Hall–Kier alpha value is -3.83. The molecule has 0 saturated heterocycles. The number of benzene rings is 3. The molecule has 0 spiro atoms. The lowest BCUT2D eigenvalue weighted by Gasteiger charge is -2.34. The molecule has 0 heterocycles. The van der Waals surface area contributed by atoms with E-state index >= 15 is 0 Å². The molecule has 0 saturated carbocycles. The lowest BCUT2D eigenvalue weighted by molar-refractivity contribution is -0.140. The number of carbonyl (C=O) groups excluding carboxylic acids is 2. The van der Waals surface area contributed by atoms with Crippen molar-refractivity contribution < 1.29 is 26.8 Å². The van der Waals surface area contributed by atoms with E-state index in [1.807, 2.05) is 37.3 Å². The number of amides is 2. The van der Waals surface area contributed by atoms with Crippen LogP contribution in [0.3, 0.4) is 0 Å². The highest BCUT2D eigenvalue weighted by molar-refractivity contribution is 7.90. The standard InChI is InChI=1S/C30H36F2N4O4S/c1-4-5-19-33-30(38)28(20-23-11-7-6-8-12-23)35(21-24-13-9-10-14-27(24)32)29(37)22-36(41(39,40)34(2)3)26-17-15-25(31)16-18-26/h6-18,28H,4-5,19-22H2,1-3H3,(H,33,38)/t28-/m1/s1. The molecule has 0 unspecified atom stereocenters. The van der Waals surface area contributed by atoms with E-state index in [4.69, 9.17) is 0 Å². The smallest absolute Gasteiger partial charge is 0.304 e. The predicted molar refractivity (Wildman–Crippen MR) is 155 cm³/mol. The summed E-state index contributed by atoms with van der Waals surface area (Å²) in [7, 11) is -1.59. The maximum absolute atomic E-state index is 14.8. The number of carbonyl (C=O) groups is 2. The summed E-state index contributed by atoms with van der Waals surface area (Å²) in [5, 5.41) is 2.87. The van der Waals surface area contributed by atoms with Crippen molar-refractivity contribution in [3.05, 3.63) is 102 Å². The summed E-state index contributed by atoms with van der Waals surface area (Å²) in [4.78, 5) is 28.8. The average Bonchev–Trinajstić information content (AvgIpc) is 2.95. The third kappa shape index (κ3) is 8.58. The minimum absolute atomic E-state index is 0.0614. The van der Waals surface area contributed by atoms with Crippen LogP contribution in [0.1, 0.15) is 30.9 Å². The molecular formula is C30H36F2N4O4S. The van der Waals surface area contributed by atoms with E-state index in [2.05, 4.69) is 5.32 Å². The lowest BCUT2D eigenvalue weighted by Crippen LogP contribution is -2.54. The molecule has 0 aromatic heterocycles. The molecule has 2 amide bonds. The fourth-order valence-corrected chi connectivity index (χ4v) is 5.25. The second kappa shape index (κ2) is 14.7. The van der Waals surface area contributed by atoms with Crippen molar-refractivity contribution in [2.75, 3.05) is 31.5 Å². The van der Waals surface area contributed by atoms with Crippen molar-refractivity contribution in [1.82, 2.24) is 14.5 Å². The fraction of sp³-hybridized carbons (Fsp3) is 0.333. The van der Waals surface area contributed by atoms with E-state index in [9.17, 15) is 26.8 Å². The van der Waals surface area contributed by atoms with Gasteiger partial charge in [-0.1, -0.05) is 61.9 Å². The summed E-state index contributed by atoms with van der Waals surface area (Å²) >= 11 is 0. The van der Waals surface area contributed by atoms with E-state index in [0.717, 1.165) is 39.1 Å². The Balaban J connectivity index is 2.08. The lowest BCUT2D eigenvalue weighted by atomic mass is 10.0. The maximum Gasteiger partial charge on any atom is 0.304 e. The Morgan fingerprint density at radius 3 is 2.15 bits per heavy atom. The second-order valence-corrected chi connectivity index (χ2v) is 11.8. The van der Waals surface area contributed by atoms with Gasteiger partial charge < -0.3 is 10.2 Å². The van der Waals surface area contributed by atoms with Crippen LogP contribution in [0.25, 0.3) is 0 Å². The molecule has 0 aliphatic carbocycles. The van der Waals surface area contributed by atoms with Crippen LogP contribution in [0.15, 0.2) is 78.9 Å². The predicted octanol–water partition coefficient (Wildman–Crippen LogP) is 4.13. The highest BCUT2D eigenvalue weighted by Crippen LogP contribution is 2.22. The van der Waals surface area contributed by atoms with Crippen molar-refractivity contribution in [2.45, 2.75) is 38.8 Å². The molecule has 0 aliphatic heterocycles. The van der Waals surface area contributed by atoms with Crippen molar-refractivity contribution in [3.63, 3.8) is 0 Å². The Morgan fingerprint density at radius 1 is 0.902 bits per heavy atom. The van der Waals surface area contributed by atoms with Crippen molar-refractivity contribution in [1.29, 1.82) is 0 Å². The topological polar surface area (TPSA) is 90.0 Å². The molecule has 0 fully saturated rings. The SMILES string of the molecule is CCCCNC(=O)[C@@H](Cc1ccccc1)N(Cc1ccccc1F)C(=O)CN(c1ccc(F)cc1)S(=O)(=O)N(C)C. The van der Waals surface area contributed by atoms with Gasteiger partial charge in [-0.2, -0.15) is 12.7 Å². The van der Waals surface area contributed by atoms with Gasteiger partial charge in [0.25, 0.3) is 0 Å². The molecule has 0 radical (unpaired) electrons. The van der Waals surface area contributed by atoms with Crippen LogP contribution in [0, 0.1) is 11.6 Å². The molecule has 11 heteroatoms. The Labute approximate surface area is 240 Å². The highest BCUT2D eigenvalue weighted by Gasteiger charge is 2.35. The van der Waals surface area contributed by atoms with Crippen LogP contribution in [0.5, 0.6) is 0 Å². The number of halogens is 2. The molecule has 41 heavy (non-hydrogen) atoms. The maximum atomic E-state index is 14.8. The summed E-state index contributed by atoms with van der Waals surface area (Å²) in [6.45, 7) is 1.40. The van der Waals surface area contributed by atoms with Crippen molar-refractivity contribution in [3.8, 4) is 0 Å². The molecule has 3 aromatic carbocycles. The first-order valence-corrected chi connectivity index (χ1v) is 14.7. The van der Waals surface area contributed by atoms with E-state index in [0.29, 0.717) is 6.54 Å². The zero-order valence-electron chi connectivity index (χ0n) is 23.5. The van der Waals surface area contributed by atoms with Gasteiger partial charge in [0, 0.05) is 39.2 Å². The van der Waals surface area contributed by atoms with Gasteiger partial charge in [0.1, 0.15) is 24.2 Å². The first-order chi connectivity index (χ1) is 19.5. The van der Waals surface area contributed by atoms with Gasteiger partial charge >= 0.3 is 10.2 Å². The minimum Gasteiger partial charge on any atom is -0.354 e. The van der Waals surface area contributed by atoms with Crippen molar-refractivity contribution >= 4 is 27.7 Å². The summed E-state index contributed by atoms with van der Waals surface area (Å²) in [6.07, 6.45) is 1.69. The van der Waals surface area contributed by atoms with Gasteiger partial charge in [-0.25, -0.2) is 13.1 Å². The number of nitrogens with zero attached hydrogens (tertiary/aromatic N) is 3. The first kappa shape index (κ1) is 31.7. The van der Waals surface area contributed by atoms with Gasteiger partial charge in [-0.3, -0.25) is 9.59 Å². The van der Waals surface area contributed by atoms with Gasteiger partial charge in [0.05, 0.1) is 5.69 Å². The summed E-state index contributed by atoms with van der Waals surface area (Å²) < 4.78 is 56.9. The third-order valence-electron chi connectivity index (χ3n) is 6.53. The van der Waals surface area contributed by atoms with Crippen LogP contribution in [-0.2, 0) is 32.8 Å². The number of nitrogens with one attached hydrogen (secondary N) is 1. The Morgan fingerprint density at radius 2 is 1.54 bits per heavy atom.